The average molecular weight is 489 g/mol. The Balaban J connectivity index is 0.000000328. The molecule has 0 aliphatic heterocycles. The van der Waals surface area contributed by atoms with Crippen LogP contribution in [0.5, 0.6) is 0 Å². The van der Waals surface area contributed by atoms with Crippen LogP contribution < -0.4 is 11.3 Å². The number of hydrogen-bond acceptors (Lipinski definition) is 5. The quantitative estimate of drug-likeness (QED) is 0.123. The molecule has 5 nitrogen and oxygen atoms in total. The van der Waals surface area contributed by atoms with E-state index in [4.69, 9.17) is 10.6 Å². The molecule has 0 saturated carbocycles. The average Bonchev–Trinajstić information content (AvgIpc) is 2.91. The minimum atomic E-state index is -0.334. The van der Waals surface area contributed by atoms with Crippen LogP contribution in [0.1, 0.15) is 61.7 Å². The number of esters is 1. The van der Waals surface area contributed by atoms with Gasteiger partial charge in [0.15, 0.2) is 6.29 Å². The lowest BCUT2D eigenvalue weighted by Crippen LogP contribution is -2.06. The fraction of sp³-hybridized carbons (Fsp3) is 0.290. The normalized spacial score (nSPS) is 10.7. The van der Waals surface area contributed by atoms with Crippen LogP contribution in [0.15, 0.2) is 84.4 Å². The van der Waals surface area contributed by atoms with Crippen LogP contribution in [0.2, 0.25) is 0 Å². The van der Waals surface area contributed by atoms with Crippen molar-refractivity contribution in [3.05, 3.63) is 107 Å². The van der Waals surface area contributed by atoms with E-state index in [0.717, 1.165) is 35.1 Å². The molecule has 0 aromatic heterocycles. The molecule has 0 aliphatic rings. The predicted molar refractivity (Wildman–Crippen MR) is 151 cm³/mol. The number of aryl methyl sites for hydroxylation is 2. The topological polar surface area (TPSA) is 81.4 Å². The van der Waals surface area contributed by atoms with Crippen molar-refractivity contribution in [2.45, 2.75) is 48.0 Å². The maximum Gasteiger partial charge on any atom is 0.338 e. The predicted octanol–water partition coefficient (Wildman–Crippen LogP) is 7.02. The molecular weight excluding hydrogens is 448 g/mol. The third kappa shape index (κ3) is 10.3. The molecule has 0 heterocycles. The van der Waals surface area contributed by atoms with Gasteiger partial charge >= 0.3 is 5.97 Å². The maximum atomic E-state index is 11.7. The zero-order valence-electron chi connectivity index (χ0n) is 22.4. The molecule has 3 N–H and O–H groups in total. The molecule has 0 fully saturated rings. The Morgan fingerprint density at radius 3 is 1.94 bits per heavy atom. The standard InChI is InChI=1S/C17H22O3.C8H10.C6H8N2/c1-6-20-17(19)14-7-8-15(12(4)9-14)16(10-18)13(5)11(2)3;1-2-8-6-4-3-5-7-8;7-8-6-4-2-1-3-5-6/h7-11H,6H2,1-5H3;3-7H,2H2,1H3;1-5,8H,7H2/b16-13+;;. The van der Waals surface area contributed by atoms with Gasteiger partial charge in [0.05, 0.1) is 12.2 Å². The van der Waals surface area contributed by atoms with Gasteiger partial charge in [-0.3, -0.25) is 10.6 Å². The van der Waals surface area contributed by atoms with Gasteiger partial charge in [-0.05, 0) is 74.1 Å². The summed E-state index contributed by atoms with van der Waals surface area (Å²) in [5.41, 5.74) is 8.91. The van der Waals surface area contributed by atoms with Crippen molar-refractivity contribution in [3.8, 4) is 0 Å². The molecule has 0 unspecified atom stereocenters. The molecule has 0 aliphatic carbocycles. The minimum absolute atomic E-state index is 0.305. The van der Waals surface area contributed by atoms with Gasteiger partial charge in [-0.15, -0.1) is 0 Å². The van der Waals surface area contributed by atoms with Crippen LogP contribution in [0, 0.1) is 12.8 Å². The number of aldehydes is 1. The second kappa shape index (κ2) is 16.8. The zero-order valence-corrected chi connectivity index (χ0v) is 22.4. The van der Waals surface area contributed by atoms with Crippen molar-refractivity contribution in [2.24, 2.45) is 11.8 Å². The van der Waals surface area contributed by atoms with Crippen molar-refractivity contribution in [2.75, 3.05) is 12.0 Å². The van der Waals surface area contributed by atoms with E-state index < -0.39 is 0 Å². The van der Waals surface area contributed by atoms with Crippen LogP contribution in [0.25, 0.3) is 5.57 Å². The number of hydrazine groups is 1. The summed E-state index contributed by atoms with van der Waals surface area (Å²) in [5.74, 6) is 5.07. The SMILES string of the molecule is CCOC(=O)c1ccc(/C(C=O)=C(\C)C(C)C)c(C)c1.CCc1ccccc1.NNc1ccccc1. The number of ether oxygens (including phenoxy) is 1. The third-order valence-corrected chi connectivity index (χ3v) is 5.63. The zero-order chi connectivity index (χ0) is 26.9. The Morgan fingerprint density at radius 2 is 1.56 bits per heavy atom. The summed E-state index contributed by atoms with van der Waals surface area (Å²) in [6.07, 6.45) is 2.03. The number of carbonyl (C=O) groups excluding carboxylic acids is 2. The number of carbonyl (C=O) groups is 2. The summed E-state index contributed by atoms with van der Waals surface area (Å²) >= 11 is 0. The van der Waals surface area contributed by atoms with E-state index in [9.17, 15) is 9.59 Å². The number of nitrogens with one attached hydrogen (secondary N) is 1. The van der Waals surface area contributed by atoms with Gasteiger partial charge in [0, 0.05) is 11.3 Å². The van der Waals surface area contributed by atoms with Crippen molar-refractivity contribution in [1.29, 1.82) is 0 Å². The van der Waals surface area contributed by atoms with E-state index in [1.54, 1.807) is 19.1 Å². The Morgan fingerprint density at radius 1 is 0.972 bits per heavy atom. The monoisotopic (exact) mass is 488 g/mol. The molecule has 0 radical (unpaired) electrons. The van der Waals surface area contributed by atoms with E-state index >= 15 is 0 Å². The van der Waals surface area contributed by atoms with E-state index in [2.05, 4.69) is 50.5 Å². The summed E-state index contributed by atoms with van der Waals surface area (Å²) in [7, 11) is 0. The van der Waals surface area contributed by atoms with E-state index in [0.29, 0.717) is 23.7 Å². The smallest absolute Gasteiger partial charge is 0.338 e. The fourth-order valence-corrected chi connectivity index (χ4v) is 3.24. The minimum Gasteiger partial charge on any atom is -0.462 e. The van der Waals surface area contributed by atoms with Gasteiger partial charge in [0.1, 0.15) is 0 Å². The fourth-order valence-electron chi connectivity index (χ4n) is 3.24. The summed E-state index contributed by atoms with van der Waals surface area (Å²) in [4.78, 5) is 23.1. The summed E-state index contributed by atoms with van der Waals surface area (Å²) < 4.78 is 4.97. The lowest BCUT2D eigenvalue weighted by atomic mass is 9.91. The van der Waals surface area contributed by atoms with Crippen LogP contribution in [-0.4, -0.2) is 18.9 Å². The molecule has 0 amide bonds. The molecule has 0 bridgehead atoms. The molecule has 3 rings (SSSR count). The summed E-state index contributed by atoms with van der Waals surface area (Å²) in [6.45, 7) is 12.3. The van der Waals surface area contributed by atoms with Gasteiger partial charge < -0.3 is 10.2 Å². The number of para-hydroxylation sites is 1. The van der Waals surface area contributed by atoms with Crippen molar-refractivity contribution >= 4 is 23.5 Å². The highest BCUT2D eigenvalue weighted by Gasteiger charge is 2.13. The first kappa shape index (κ1) is 30.3. The van der Waals surface area contributed by atoms with Gasteiger partial charge in [0.25, 0.3) is 0 Å². The number of rotatable bonds is 7. The number of hydrogen-bond donors (Lipinski definition) is 2. The molecule has 3 aromatic carbocycles. The van der Waals surface area contributed by atoms with E-state index in [1.807, 2.05) is 56.3 Å². The largest absolute Gasteiger partial charge is 0.462 e. The van der Waals surface area contributed by atoms with Crippen molar-refractivity contribution in [3.63, 3.8) is 0 Å². The third-order valence-electron chi connectivity index (χ3n) is 5.63. The van der Waals surface area contributed by atoms with Crippen molar-refractivity contribution < 1.29 is 14.3 Å². The first-order chi connectivity index (χ1) is 17.3. The summed E-state index contributed by atoms with van der Waals surface area (Å²) in [6, 6.07) is 25.3. The molecule has 0 spiro atoms. The molecule has 36 heavy (non-hydrogen) atoms. The second-order valence-electron chi connectivity index (χ2n) is 8.47. The van der Waals surface area contributed by atoms with Gasteiger partial charge in [0.2, 0.25) is 0 Å². The Labute approximate surface area is 216 Å². The number of nitrogens with two attached hydrogens (primary N) is 1. The van der Waals surface area contributed by atoms with Crippen LogP contribution >= 0.6 is 0 Å². The Kier molecular flexibility index (Phi) is 14.2. The van der Waals surface area contributed by atoms with Crippen LogP contribution in [0.4, 0.5) is 5.69 Å². The highest BCUT2D eigenvalue weighted by atomic mass is 16.5. The second-order valence-corrected chi connectivity index (χ2v) is 8.47. The van der Waals surface area contributed by atoms with Gasteiger partial charge in [-0.2, -0.15) is 0 Å². The Bertz CT molecular complexity index is 1050. The Hall–Kier alpha value is -3.70. The number of benzene rings is 3. The van der Waals surface area contributed by atoms with Gasteiger partial charge in [-0.25, -0.2) is 4.79 Å². The number of nitrogen functional groups attached to an aromatic ring is 1. The maximum absolute atomic E-state index is 11.7. The first-order valence-electron chi connectivity index (χ1n) is 12.3. The summed E-state index contributed by atoms with van der Waals surface area (Å²) in [5, 5.41) is 0. The van der Waals surface area contributed by atoms with Crippen LogP contribution in [-0.2, 0) is 16.0 Å². The highest BCUT2D eigenvalue weighted by Crippen LogP contribution is 2.25. The number of anilines is 1. The van der Waals surface area contributed by atoms with E-state index in [-0.39, 0.29) is 5.97 Å². The lowest BCUT2D eigenvalue weighted by molar-refractivity contribution is -0.103. The molecule has 0 atom stereocenters. The molecule has 0 saturated heterocycles. The molecule has 5 heteroatoms. The first-order valence-corrected chi connectivity index (χ1v) is 12.3. The van der Waals surface area contributed by atoms with Crippen molar-refractivity contribution in [1.82, 2.24) is 0 Å². The van der Waals surface area contributed by atoms with Crippen LogP contribution in [0.3, 0.4) is 0 Å². The highest BCUT2D eigenvalue weighted by molar-refractivity contribution is 6.09. The molecule has 3 aromatic rings. The number of allylic oxidation sites excluding steroid dienone is 2. The molecule has 192 valence electrons. The van der Waals surface area contributed by atoms with E-state index in [1.165, 1.54) is 5.56 Å². The van der Waals surface area contributed by atoms with Gasteiger partial charge in [-0.1, -0.05) is 80.9 Å². The molecular formula is C31H40N2O3. The lowest BCUT2D eigenvalue weighted by Gasteiger charge is -2.13.